The Balaban J connectivity index is 2.35. The Bertz CT molecular complexity index is 258. The van der Waals surface area contributed by atoms with Crippen LogP contribution in [-0.2, 0) is 6.42 Å². The van der Waals surface area contributed by atoms with Crippen LogP contribution in [0.4, 0.5) is 0 Å². The van der Waals surface area contributed by atoms with E-state index in [1.807, 2.05) is 30.6 Å². The van der Waals surface area contributed by atoms with E-state index >= 15 is 0 Å². The second-order valence-corrected chi connectivity index (χ2v) is 3.28. The Morgan fingerprint density at radius 2 is 2.21 bits per heavy atom. The Morgan fingerprint density at radius 1 is 1.50 bits per heavy atom. The zero-order valence-electron chi connectivity index (χ0n) is 8.32. The molecule has 0 aliphatic rings. The number of nitrogens with zero attached hydrogens (tertiary/aromatic N) is 1. The molecule has 1 rings (SSSR count). The largest absolute Gasteiger partial charge is 0.271 e. The molecule has 1 heterocycles. The van der Waals surface area contributed by atoms with Crippen molar-refractivity contribution in [1.82, 2.24) is 10.4 Å². The average molecular weight is 191 g/mol. The van der Waals surface area contributed by atoms with Crippen LogP contribution in [0.1, 0.15) is 18.4 Å². The Morgan fingerprint density at radius 3 is 2.79 bits per heavy atom. The van der Waals surface area contributed by atoms with Crippen LogP contribution in [0.5, 0.6) is 0 Å². The normalized spacial score (nSPS) is 12.4. The van der Waals surface area contributed by atoms with E-state index in [0.717, 1.165) is 19.3 Å². The number of nitrogens with two attached hydrogens (primary N) is 1. The molecule has 0 aliphatic carbocycles. The number of hydrogen-bond acceptors (Lipinski definition) is 3. The van der Waals surface area contributed by atoms with Crippen LogP contribution in [0.3, 0.4) is 0 Å². The molecule has 0 saturated heterocycles. The van der Waals surface area contributed by atoms with E-state index < -0.39 is 0 Å². The Labute approximate surface area is 85.0 Å². The van der Waals surface area contributed by atoms with Crippen molar-refractivity contribution in [2.45, 2.75) is 25.3 Å². The molecule has 1 atom stereocenters. The minimum atomic E-state index is 0.320. The van der Waals surface area contributed by atoms with Crippen LogP contribution >= 0.6 is 0 Å². The fraction of sp³-hybridized carbons (Fsp3) is 0.364. The monoisotopic (exact) mass is 191 g/mol. The standard InChI is InChI=1S/C11H17N3/c1-2-3-11(14-12)5-4-10-6-8-13-9-7-10/h2,6-9,11,14H,1,3-5,12H2. The molecule has 0 saturated carbocycles. The van der Waals surface area contributed by atoms with E-state index in [-0.39, 0.29) is 0 Å². The lowest BCUT2D eigenvalue weighted by molar-refractivity contribution is 0.499. The molecule has 0 aliphatic heterocycles. The van der Waals surface area contributed by atoms with Crippen LogP contribution in [0, 0.1) is 0 Å². The van der Waals surface area contributed by atoms with Crippen molar-refractivity contribution in [3.05, 3.63) is 42.7 Å². The summed E-state index contributed by atoms with van der Waals surface area (Å²) in [5.74, 6) is 5.41. The highest BCUT2D eigenvalue weighted by molar-refractivity contribution is 5.09. The van der Waals surface area contributed by atoms with E-state index in [1.54, 1.807) is 0 Å². The highest BCUT2D eigenvalue weighted by Gasteiger charge is 2.03. The molecular formula is C11H17N3. The highest BCUT2D eigenvalue weighted by atomic mass is 15.2. The molecule has 0 amide bonds. The van der Waals surface area contributed by atoms with Gasteiger partial charge < -0.3 is 0 Å². The second-order valence-electron chi connectivity index (χ2n) is 3.28. The third kappa shape index (κ3) is 3.68. The molecule has 14 heavy (non-hydrogen) atoms. The van der Waals surface area contributed by atoms with Gasteiger partial charge in [0.2, 0.25) is 0 Å². The summed E-state index contributed by atoms with van der Waals surface area (Å²) in [5.41, 5.74) is 4.08. The molecule has 3 nitrogen and oxygen atoms in total. The smallest absolute Gasteiger partial charge is 0.0270 e. The van der Waals surface area contributed by atoms with Gasteiger partial charge in [0.1, 0.15) is 0 Å². The van der Waals surface area contributed by atoms with Gasteiger partial charge in [0, 0.05) is 18.4 Å². The lowest BCUT2D eigenvalue weighted by atomic mass is 10.0. The molecule has 1 aromatic heterocycles. The molecular weight excluding hydrogens is 174 g/mol. The summed E-state index contributed by atoms with van der Waals surface area (Å²) in [6.45, 7) is 3.70. The number of aromatic nitrogens is 1. The molecule has 0 spiro atoms. The molecule has 3 heteroatoms. The van der Waals surface area contributed by atoms with Crippen molar-refractivity contribution in [1.29, 1.82) is 0 Å². The van der Waals surface area contributed by atoms with E-state index in [0.29, 0.717) is 6.04 Å². The molecule has 1 unspecified atom stereocenters. The molecule has 0 aromatic carbocycles. The number of hydrogen-bond donors (Lipinski definition) is 2. The van der Waals surface area contributed by atoms with Gasteiger partial charge in [-0.15, -0.1) is 6.58 Å². The van der Waals surface area contributed by atoms with Crippen LogP contribution in [0.15, 0.2) is 37.2 Å². The number of hydrazine groups is 1. The predicted molar refractivity (Wildman–Crippen MR) is 58.5 cm³/mol. The summed E-state index contributed by atoms with van der Waals surface area (Å²) in [5, 5.41) is 0. The van der Waals surface area contributed by atoms with Crippen molar-refractivity contribution >= 4 is 0 Å². The van der Waals surface area contributed by atoms with Crippen molar-refractivity contribution in [3.8, 4) is 0 Å². The summed E-state index contributed by atoms with van der Waals surface area (Å²) in [7, 11) is 0. The van der Waals surface area contributed by atoms with Gasteiger partial charge in [-0.3, -0.25) is 16.3 Å². The maximum absolute atomic E-state index is 5.41. The summed E-state index contributed by atoms with van der Waals surface area (Å²) in [4.78, 5) is 3.97. The molecule has 0 bridgehead atoms. The number of rotatable bonds is 6. The second kappa shape index (κ2) is 6.29. The van der Waals surface area contributed by atoms with Gasteiger partial charge in [-0.25, -0.2) is 0 Å². The first-order chi connectivity index (χ1) is 6.86. The number of nitrogens with one attached hydrogen (secondary N) is 1. The molecule has 76 valence electrons. The maximum atomic E-state index is 5.41. The van der Waals surface area contributed by atoms with Crippen molar-refractivity contribution in [2.75, 3.05) is 0 Å². The van der Waals surface area contributed by atoms with Gasteiger partial charge in [-0.1, -0.05) is 6.08 Å². The molecule has 1 aromatic rings. The summed E-state index contributed by atoms with van der Waals surface area (Å²) >= 11 is 0. The Hall–Kier alpha value is -1.19. The zero-order chi connectivity index (χ0) is 10.2. The first-order valence-corrected chi connectivity index (χ1v) is 4.82. The van der Waals surface area contributed by atoms with Gasteiger partial charge in [0.05, 0.1) is 0 Å². The number of pyridine rings is 1. The molecule has 3 N–H and O–H groups in total. The fourth-order valence-electron chi connectivity index (χ4n) is 1.36. The van der Waals surface area contributed by atoms with Gasteiger partial charge >= 0.3 is 0 Å². The van der Waals surface area contributed by atoms with Crippen LogP contribution < -0.4 is 11.3 Å². The van der Waals surface area contributed by atoms with Gasteiger partial charge in [0.25, 0.3) is 0 Å². The predicted octanol–water partition coefficient (Wildman–Crippen LogP) is 1.42. The van der Waals surface area contributed by atoms with Crippen LogP contribution in [0.25, 0.3) is 0 Å². The van der Waals surface area contributed by atoms with E-state index in [9.17, 15) is 0 Å². The Kier molecular flexibility index (Phi) is 4.89. The van der Waals surface area contributed by atoms with Crippen molar-refractivity contribution in [3.63, 3.8) is 0 Å². The SMILES string of the molecule is C=CCC(CCc1ccncc1)NN. The molecule has 0 radical (unpaired) electrons. The lowest BCUT2D eigenvalue weighted by Crippen LogP contribution is -2.34. The number of aryl methyl sites for hydroxylation is 1. The topological polar surface area (TPSA) is 50.9 Å². The van der Waals surface area contributed by atoms with Gasteiger partial charge in [-0.2, -0.15) is 0 Å². The van der Waals surface area contributed by atoms with E-state index in [4.69, 9.17) is 5.84 Å². The quantitative estimate of drug-likeness (QED) is 0.406. The summed E-state index contributed by atoms with van der Waals surface area (Å²) < 4.78 is 0. The highest BCUT2D eigenvalue weighted by Crippen LogP contribution is 2.05. The fourth-order valence-corrected chi connectivity index (χ4v) is 1.36. The zero-order valence-corrected chi connectivity index (χ0v) is 8.32. The van der Waals surface area contributed by atoms with Crippen molar-refractivity contribution in [2.24, 2.45) is 5.84 Å². The van der Waals surface area contributed by atoms with E-state index in [1.165, 1.54) is 5.56 Å². The maximum Gasteiger partial charge on any atom is 0.0270 e. The van der Waals surface area contributed by atoms with Gasteiger partial charge in [-0.05, 0) is 37.0 Å². The van der Waals surface area contributed by atoms with Crippen molar-refractivity contribution < 1.29 is 0 Å². The first kappa shape index (κ1) is 10.9. The summed E-state index contributed by atoms with van der Waals surface area (Å²) in [6.07, 6.45) is 8.46. The minimum absolute atomic E-state index is 0.320. The third-order valence-electron chi connectivity index (χ3n) is 2.22. The minimum Gasteiger partial charge on any atom is -0.271 e. The lowest BCUT2D eigenvalue weighted by Gasteiger charge is -2.12. The van der Waals surface area contributed by atoms with Crippen LogP contribution in [-0.4, -0.2) is 11.0 Å². The average Bonchev–Trinajstić information content (AvgIpc) is 2.25. The van der Waals surface area contributed by atoms with E-state index in [2.05, 4.69) is 17.0 Å². The van der Waals surface area contributed by atoms with Gasteiger partial charge in [0.15, 0.2) is 0 Å². The first-order valence-electron chi connectivity index (χ1n) is 4.82. The molecule has 0 fully saturated rings. The van der Waals surface area contributed by atoms with Crippen LogP contribution in [0.2, 0.25) is 0 Å². The third-order valence-corrected chi connectivity index (χ3v) is 2.22. The summed E-state index contributed by atoms with van der Waals surface area (Å²) in [6, 6.07) is 4.38.